The summed E-state index contributed by atoms with van der Waals surface area (Å²) in [5, 5.41) is 3.56. The highest BCUT2D eigenvalue weighted by Crippen LogP contribution is 2.40. The van der Waals surface area contributed by atoms with Crippen molar-refractivity contribution in [2.45, 2.75) is 49.6 Å². The summed E-state index contributed by atoms with van der Waals surface area (Å²) >= 11 is 1.20. The summed E-state index contributed by atoms with van der Waals surface area (Å²) in [5.41, 5.74) is 0.553. The normalized spacial score (nSPS) is 15.5. The number of fused-ring (bicyclic) bond motifs is 1. The number of thioether (sulfide) groups is 1. The fourth-order valence-electron chi connectivity index (χ4n) is 3.68. The SMILES string of the molecule is Cc1cccc(OCCNC(=O)CSc2nc(C3CC3)nc3c2c(=O)[nH]c(=O)n3C2CC2)c1. The predicted octanol–water partition coefficient (Wildman–Crippen LogP) is 2.29. The lowest BCUT2D eigenvalue weighted by Crippen LogP contribution is -2.31. The van der Waals surface area contributed by atoms with Gasteiger partial charge < -0.3 is 10.1 Å². The molecular formula is C23H25N5O4S. The summed E-state index contributed by atoms with van der Waals surface area (Å²) in [6, 6.07) is 7.79. The number of nitrogens with one attached hydrogen (secondary N) is 2. The summed E-state index contributed by atoms with van der Waals surface area (Å²) in [7, 11) is 0. The van der Waals surface area contributed by atoms with Crippen molar-refractivity contribution in [1.82, 2.24) is 24.8 Å². The molecule has 2 aliphatic carbocycles. The zero-order valence-electron chi connectivity index (χ0n) is 18.3. The van der Waals surface area contributed by atoms with E-state index in [9.17, 15) is 14.4 Å². The van der Waals surface area contributed by atoms with E-state index in [0.29, 0.717) is 29.6 Å². The molecule has 5 rings (SSSR count). The molecule has 0 unspecified atom stereocenters. The van der Waals surface area contributed by atoms with Crippen molar-refractivity contribution in [3.63, 3.8) is 0 Å². The molecule has 0 bridgehead atoms. The number of benzene rings is 1. The second kappa shape index (κ2) is 9.01. The minimum atomic E-state index is -0.510. The maximum Gasteiger partial charge on any atom is 0.330 e. The lowest BCUT2D eigenvalue weighted by atomic mass is 10.2. The predicted molar refractivity (Wildman–Crippen MR) is 125 cm³/mol. The van der Waals surface area contributed by atoms with Crippen LogP contribution in [0.3, 0.4) is 0 Å². The topological polar surface area (TPSA) is 119 Å². The van der Waals surface area contributed by atoms with E-state index in [1.54, 1.807) is 4.57 Å². The van der Waals surface area contributed by atoms with Crippen LogP contribution in [0.4, 0.5) is 0 Å². The molecule has 0 saturated heterocycles. The molecule has 172 valence electrons. The molecule has 10 heteroatoms. The van der Waals surface area contributed by atoms with Crippen LogP contribution in [0.25, 0.3) is 11.0 Å². The Bertz CT molecular complexity index is 1330. The Balaban J connectivity index is 1.28. The van der Waals surface area contributed by atoms with Gasteiger partial charge >= 0.3 is 5.69 Å². The first kappa shape index (κ1) is 21.7. The molecular weight excluding hydrogens is 442 g/mol. The van der Waals surface area contributed by atoms with Crippen molar-refractivity contribution < 1.29 is 9.53 Å². The van der Waals surface area contributed by atoms with Crippen LogP contribution in [0.15, 0.2) is 38.9 Å². The van der Waals surface area contributed by atoms with Gasteiger partial charge in [-0.1, -0.05) is 23.9 Å². The Labute approximate surface area is 194 Å². The second-order valence-electron chi connectivity index (χ2n) is 8.52. The highest BCUT2D eigenvalue weighted by atomic mass is 32.2. The summed E-state index contributed by atoms with van der Waals surface area (Å²) in [6.07, 6.45) is 3.76. The molecule has 1 amide bonds. The zero-order valence-corrected chi connectivity index (χ0v) is 19.1. The van der Waals surface area contributed by atoms with Gasteiger partial charge in [-0.25, -0.2) is 14.8 Å². The van der Waals surface area contributed by atoms with Crippen molar-refractivity contribution >= 4 is 28.7 Å². The summed E-state index contributed by atoms with van der Waals surface area (Å²) in [4.78, 5) is 49.1. The number of aryl methyl sites for hydroxylation is 1. The number of nitrogens with zero attached hydrogens (tertiary/aromatic N) is 3. The summed E-state index contributed by atoms with van der Waals surface area (Å²) in [5.74, 6) is 1.58. The Hall–Kier alpha value is -3.14. The number of rotatable bonds is 9. The molecule has 2 aliphatic rings. The molecule has 1 aromatic carbocycles. The van der Waals surface area contributed by atoms with E-state index in [0.717, 1.165) is 37.0 Å². The number of H-pyrrole nitrogens is 1. The molecule has 0 radical (unpaired) electrons. The van der Waals surface area contributed by atoms with Gasteiger partial charge in [0.05, 0.1) is 12.3 Å². The summed E-state index contributed by atoms with van der Waals surface area (Å²) < 4.78 is 7.24. The largest absolute Gasteiger partial charge is 0.492 e. The van der Waals surface area contributed by atoms with Crippen LogP contribution in [0.2, 0.25) is 0 Å². The first-order valence-electron chi connectivity index (χ1n) is 11.1. The van der Waals surface area contributed by atoms with Gasteiger partial charge in [-0.2, -0.15) is 0 Å². The van der Waals surface area contributed by atoms with Crippen LogP contribution in [-0.2, 0) is 4.79 Å². The van der Waals surface area contributed by atoms with E-state index in [1.807, 2.05) is 31.2 Å². The smallest absolute Gasteiger partial charge is 0.330 e. The maximum atomic E-state index is 12.6. The molecule has 2 heterocycles. The number of amides is 1. The monoisotopic (exact) mass is 467 g/mol. The van der Waals surface area contributed by atoms with Crippen LogP contribution < -0.4 is 21.3 Å². The van der Waals surface area contributed by atoms with Crippen molar-refractivity contribution in [2.75, 3.05) is 18.9 Å². The average molecular weight is 468 g/mol. The average Bonchev–Trinajstić information content (AvgIpc) is 3.68. The van der Waals surface area contributed by atoms with Crippen LogP contribution in [0.5, 0.6) is 5.75 Å². The number of aromatic amines is 1. The Morgan fingerprint density at radius 3 is 2.79 bits per heavy atom. The number of carbonyl (C=O) groups is 1. The van der Waals surface area contributed by atoms with Gasteiger partial charge in [0, 0.05) is 12.0 Å². The van der Waals surface area contributed by atoms with Crippen molar-refractivity contribution in [3.05, 3.63) is 56.5 Å². The van der Waals surface area contributed by atoms with Gasteiger partial charge in [-0.05, 0) is 50.3 Å². The zero-order chi connectivity index (χ0) is 22.9. The van der Waals surface area contributed by atoms with Crippen LogP contribution in [-0.4, -0.2) is 44.3 Å². The van der Waals surface area contributed by atoms with Gasteiger partial charge in [-0.15, -0.1) is 0 Å². The van der Waals surface area contributed by atoms with Gasteiger partial charge in [0.1, 0.15) is 28.6 Å². The fourth-order valence-corrected chi connectivity index (χ4v) is 4.54. The molecule has 2 saturated carbocycles. The molecule has 0 spiro atoms. The highest BCUT2D eigenvalue weighted by molar-refractivity contribution is 8.00. The molecule has 2 N–H and O–H groups in total. The van der Waals surface area contributed by atoms with E-state index in [4.69, 9.17) is 4.74 Å². The summed E-state index contributed by atoms with van der Waals surface area (Å²) in [6.45, 7) is 2.72. The Morgan fingerprint density at radius 1 is 1.24 bits per heavy atom. The molecule has 0 atom stereocenters. The number of hydrogen-bond acceptors (Lipinski definition) is 7. The number of hydrogen-bond donors (Lipinski definition) is 2. The highest BCUT2D eigenvalue weighted by Gasteiger charge is 2.32. The number of ether oxygens (including phenoxy) is 1. The first-order chi connectivity index (χ1) is 16.0. The third kappa shape index (κ3) is 4.95. The number of carbonyl (C=O) groups excluding carboxylic acids is 1. The van der Waals surface area contributed by atoms with Crippen LogP contribution >= 0.6 is 11.8 Å². The third-order valence-electron chi connectivity index (χ3n) is 5.65. The van der Waals surface area contributed by atoms with E-state index in [2.05, 4.69) is 20.3 Å². The lowest BCUT2D eigenvalue weighted by Gasteiger charge is -2.12. The quantitative estimate of drug-likeness (QED) is 0.281. The van der Waals surface area contributed by atoms with Crippen LogP contribution in [0, 0.1) is 6.92 Å². The van der Waals surface area contributed by atoms with Crippen molar-refractivity contribution in [1.29, 1.82) is 0 Å². The standard InChI is InChI=1S/C23H25N5O4S/c1-13-3-2-4-16(11-13)32-10-9-24-17(29)12-33-22-18-20(25-19(26-22)14-5-6-14)28(15-7-8-15)23(31)27-21(18)30/h2-4,11,14-15H,5-10,12H2,1H3,(H,24,29)(H,27,30,31). The van der Waals surface area contributed by atoms with Gasteiger partial charge in [0.15, 0.2) is 5.65 Å². The van der Waals surface area contributed by atoms with E-state index < -0.39 is 11.2 Å². The molecule has 3 aromatic rings. The van der Waals surface area contributed by atoms with Crippen LogP contribution in [0.1, 0.15) is 49.0 Å². The molecule has 33 heavy (non-hydrogen) atoms. The van der Waals surface area contributed by atoms with E-state index >= 15 is 0 Å². The molecule has 0 aliphatic heterocycles. The molecule has 2 fully saturated rings. The van der Waals surface area contributed by atoms with Gasteiger partial charge in [0.2, 0.25) is 5.91 Å². The maximum absolute atomic E-state index is 12.6. The molecule has 9 nitrogen and oxygen atoms in total. The Morgan fingerprint density at radius 2 is 2.06 bits per heavy atom. The van der Waals surface area contributed by atoms with Gasteiger partial charge in [0.25, 0.3) is 5.56 Å². The minimum Gasteiger partial charge on any atom is -0.492 e. The van der Waals surface area contributed by atoms with Crippen molar-refractivity contribution in [2.24, 2.45) is 0 Å². The lowest BCUT2D eigenvalue weighted by molar-refractivity contribution is -0.118. The fraction of sp³-hybridized carbons (Fsp3) is 0.435. The van der Waals surface area contributed by atoms with E-state index in [-0.39, 0.29) is 29.0 Å². The third-order valence-corrected chi connectivity index (χ3v) is 6.62. The van der Waals surface area contributed by atoms with E-state index in [1.165, 1.54) is 11.8 Å². The molecule has 2 aromatic heterocycles. The second-order valence-corrected chi connectivity index (χ2v) is 9.49. The Kier molecular flexibility index (Phi) is 5.92. The minimum absolute atomic E-state index is 0.0633. The first-order valence-corrected chi connectivity index (χ1v) is 12.1. The van der Waals surface area contributed by atoms with Gasteiger partial charge in [-0.3, -0.25) is 19.1 Å². The van der Waals surface area contributed by atoms with Crippen molar-refractivity contribution in [3.8, 4) is 5.75 Å². The number of aromatic nitrogens is 4.